The summed E-state index contributed by atoms with van der Waals surface area (Å²) in [5.41, 5.74) is 0.384. The highest BCUT2D eigenvalue weighted by atomic mass is 16.5. The predicted octanol–water partition coefficient (Wildman–Crippen LogP) is 3.33. The van der Waals surface area contributed by atoms with Crippen molar-refractivity contribution in [2.45, 2.75) is 6.54 Å². The second kappa shape index (κ2) is 7.30. The summed E-state index contributed by atoms with van der Waals surface area (Å²) in [5.74, 6) is 1.15. The minimum Gasteiger partial charge on any atom is -0.518 e. The molecule has 138 valence electrons. The van der Waals surface area contributed by atoms with E-state index in [1.807, 2.05) is 12.1 Å². The van der Waals surface area contributed by atoms with Crippen LogP contribution in [0.1, 0.15) is 5.56 Å². The minimum absolute atomic E-state index is 0.220. The molecule has 0 unspecified atom stereocenters. The number of ether oxygens (including phenoxy) is 3. The van der Waals surface area contributed by atoms with Crippen molar-refractivity contribution in [3.8, 4) is 23.0 Å². The van der Waals surface area contributed by atoms with Crippen molar-refractivity contribution in [3.63, 3.8) is 0 Å². The van der Waals surface area contributed by atoms with Crippen LogP contribution >= 0.6 is 0 Å². The maximum Gasteiger partial charge on any atom is 0.291 e. The summed E-state index contributed by atoms with van der Waals surface area (Å²) in [7, 11) is 4.54. The van der Waals surface area contributed by atoms with Crippen molar-refractivity contribution in [1.29, 1.82) is 0 Å². The zero-order valence-corrected chi connectivity index (χ0v) is 15.1. The number of hydrogen-bond acceptors (Lipinski definition) is 5. The molecule has 0 aliphatic heterocycles. The van der Waals surface area contributed by atoms with Gasteiger partial charge in [-0.05, 0) is 23.8 Å². The molecule has 0 fully saturated rings. The molecule has 1 N–H and O–H groups in total. The summed E-state index contributed by atoms with van der Waals surface area (Å²) in [6.45, 7) is 7.51. The fourth-order valence-electron chi connectivity index (χ4n) is 2.92. The number of benzene rings is 2. The summed E-state index contributed by atoms with van der Waals surface area (Å²) in [4.78, 5) is 16.0. The minimum atomic E-state index is -0.571. The molecule has 0 bridgehead atoms. The third kappa shape index (κ3) is 3.13. The van der Waals surface area contributed by atoms with Gasteiger partial charge in [-0.1, -0.05) is 12.1 Å². The Morgan fingerprint density at radius 2 is 1.67 bits per heavy atom. The van der Waals surface area contributed by atoms with E-state index in [-0.39, 0.29) is 18.0 Å². The van der Waals surface area contributed by atoms with Crippen molar-refractivity contribution in [2.24, 2.45) is 0 Å². The molecule has 1 aromatic heterocycles. The van der Waals surface area contributed by atoms with Gasteiger partial charge >= 0.3 is 0 Å². The summed E-state index contributed by atoms with van der Waals surface area (Å²) in [6, 6.07) is 10.4. The molecule has 3 aromatic rings. The molecule has 7 heteroatoms. The van der Waals surface area contributed by atoms with Gasteiger partial charge in [0.25, 0.3) is 11.2 Å². The number of aromatic nitrogens is 1. The Morgan fingerprint density at radius 3 is 2.22 bits per heavy atom. The van der Waals surface area contributed by atoms with Crippen LogP contribution in [0.25, 0.3) is 15.7 Å². The van der Waals surface area contributed by atoms with E-state index in [9.17, 15) is 9.90 Å². The highest BCUT2D eigenvalue weighted by Gasteiger charge is 2.19. The van der Waals surface area contributed by atoms with Gasteiger partial charge in [0, 0.05) is 18.0 Å². The van der Waals surface area contributed by atoms with Crippen molar-refractivity contribution < 1.29 is 19.3 Å². The fraction of sp³-hybridized carbons (Fsp3) is 0.200. The van der Waals surface area contributed by atoms with Gasteiger partial charge in [-0.15, -0.1) is 0 Å². The maximum absolute atomic E-state index is 12.8. The van der Waals surface area contributed by atoms with E-state index >= 15 is 0 Å². The highest BCUT2D eigenvalue weighted by molar-refractivity contribution is 5.93. The molecule has 0 amide bonds. The lowest BCUT2D eigenvalue weighted by Gasteiger charge is -2.16. The van der Waals surface area contributed by atoms with Crippen LogP contribution in [-0.4, -0.2) is 31.0 Å². The molecule has 1 heterocycles. The van der Waals surface area contributed by atoms with Gasteiger partial charge in [0.1, 0.15) is 11.5 Å². The molecule has 3 rings (SSSR count). The fourth-order valence-corrected chi connectivity index (χ4v) is 2.92. The van der Waals surface area contributed by atoms with Crippen molar-refractivity contribution in [1.82, 2.24) is 4.57 Å². The van der Waals surface area contributed by atoms with E-state index < -0.39 is 5.56 Å². The Balaban J connectivity index is 2.28. The van der Waals surface area contributed by atoms with Crippen LogP contribution in [0.4, 0.5) is 5.69 Å². The number of methoxy groups -OCH3 is 3. The maximum atomic E-state index is 12.8. The first-order valence-corrected chi connectivity index (χ1v) is 8.06. The van der Waals surface area contributed by atoms with Gasteiger partial charge in [0.15, 0.2) is 11.5 Å². The monoisotopic (exact) mass is 366 g/mol. The number of fused-ring (bicyclic) bond motifs is 1. The number of rotatable bonds is 5. The first-order valence-electron chi connectivity index (χ1n) is 8.06. The smallest absolute Gasteiger partial charge is 0.291 e. The van der Waals surface area contributed by atoms with Gasteiger partial charge in [0.2, 0.25) is 0 Å². The van der Waals surface area contributed by atoms with Gasteiger partial charge in [0.05, 0.1) is 33.4 Å². The van der Waals surface area contributed by atoms with Gasteiger partial charge in [-0.3, -0.25) is 4.79 Å². The molecule has 2 aromatic carbocycles. The molecule has 0 saturated heterocycles. The summed E-state index contributed by atoms with van der Waals surface area (Å²) in [6.07, 6.45) is 0. The first kappa shape index (κ1) is 18.1. The van der Waals surface area contributed by atoms with Crippen LogP contribution in [-0.2, 0) is 6.54 Å². The molecule has 0 saturated carbocycles. The molecule has 0 spiro atoms. The topological polar surface area (TPSA) is 74.3 Å². The van der Waals surface area contributed by atoms with Gasteiger partial charge in [-0.25, -0.2) is 4.85 Å². The van der Waals surface area contributed by atoms with Gasteiger partial charge < -0.3 is 23.9 Å². The SMILES string of the molecule is [C-]#[N+]c1c(O)c2cc(OC)c(OC)cc2n(Cc2ccc(OC)cc2)c1=O. The van der Waals surface area contributed by atoms with Crippen molar-refractivity contribution in [3.05, 3.63) is 63.7 Å². The first-order chi connectivity index (χ1) is 13.0. The van der Waals surface area contributed by atoms with Crippen LogP contribution in [0.5, 0.6) is 23.0 Å². The van der Waals surface area contributed by atoms with Crippen LogP contribution in [0.15, 0.2) is 41.2 Å². The van der Waals surface area contributed by atoms with Crippen molar-refractivity contribution >= 4 is 16.6 Å². The second-order valence-electron chi connectivity index (χ2n) is 5.77. The number of hydrogen-bond donors (Lipinski definition) is 1. The van der Waals surface area contributed by atoms with Crippen LogP contribution in [0.2, 0.25) is 0 Å². The zero-order valence-electron chi connectivity index (χ0n) is 15.1. The Hall–Kier alpha value is -3.66. The van der Waals surface area contributed by atoms with Gasteiger partial charge in [-0.2, -0.15) is 0 Å². The van der Waals surface area contributed by atoms with E-state index in [0.29, 0.717) is 28.2 Å². The zero-order chi connectivity index (χ0) is 19.6. The second-order valence-corrected chi connectivity index (χ2v) is 5.77. The lowest BCUT2D eigenvalue weighted by Crippen LogP contribution is -2.21. The van der Waals surface area contributed by atoms with Crippen molar-refractivity contribution in [2.75, 3.05) is 21.3 Å². The van der Waals surface area contributed by atoms with E-state index in [4.69, 9.17) is 20.8 Å². The lowest BCUT2D eigenvalue weighted by molar-refractivity contribution is 0.355. The normalized spacial score (nSPS) is 10.4. The third-order valence-corrected chi connectivity index (χ3v) is 4.33. The van der Waals surface area contributed by atoms with Crippen LogP contribution < -0.4 is 19.8 Å². The summed E-state index contributed by atoms with van der Waals surface area (Å²) >= 11 is 0. The predicted molar refractivity (Wildman–Crippen MR) is 101 cm³/mol. The quantitative estimate of drug-likeness (QED) is 0.701. The Kier molecular flexibility index (Phi) is 4.90. The number of nitrogens with zero attached hydrogens (tertiary/aromatic N) is 2. The molecule has 0 atom stereocenters. The molecular weight excluding hydrogens is 348 g/mol. The van der Waals surface area contributed by atoms with Crippen LogP contribution in [0.3, 0.4) is 0 Å². The number of pyridine rings is 1. The Morgan fingerprint density at radius 1 is 1.04 bits per heavy atom. The molecule has 0 aliphatic rings. The lowest BCUT2D eigenvalue weighted by atomic mass is 10.1. The molecular formula is C20H18N2O5. The molecule has 0 aliphatic carbocycles. The van der Waals surface area contributed by atoms with E-state index in [0.717, 1.165) is 5.56 Å². The average molecular weight is 366 g/mol. The standard InChI is InChI=1S/C20H18N2O5/c1-21-18-19(23)14-9-16(26-3)17(27-4)10-15(14)22(20(18)24)11-12-5-7-13(25-2)8-6-12/h5-10,23H,11H2,2-4H3. The summed E-state index contributed by atoms with van der Waals surface area (Å²) in [5, 5.41) is 10.8. The highest BCUT2D eigenvalue weighted by Crippen LogP contribution is 2.38. The largest absolute Gasteiger partial charge is 0.518 e. The number of aromatic hydroxyl groups is 1. The van der Waals surface area contributed by atoms with E-state index in [2.05, 4.69) is 4.85 Å². The molecule has 7 nitrogen and oxygen atoms in total. The third-order valence-electron chi connectivity index (χ3n) is 4.33. The average Bonchev–Trinajstić information content (AvgIpc) is 2.71. The van der Waals surface area contributed by atoms with E-state index in [1.165, 1.54) is 18.8 Å². The van der Waals surface area contributed by atoms with Crippen LogP contribution in [0, 0.1) is 6.57 Å². The Bertz CT molecular complexity index is 1090. The Labute approximate surface area is 155 Å². The molecule has 0 radical (unpaired) electrons. The van der Waals surface area contributed by atoms with E-state index in [1.54, 1.807) is 31.4 Å². The molecule has 27 heavy (non-hydrogen) atoms. The summed E-state index contributed by atoms with van der Waals surface area (Å²) < 4.78 is 17.2.